The van der Waals surface area contributed by atoms with Crippen molar-refractivity contribution >= 4 is 16.6 Å². The molecular weight excluding hydrogens is 292 g/mol. The van der Waals surface area contributed by atoms with E-state index in [0.29, 0.717) is 5.78 Å². The van der Waals surface area contributed by atoms with Crippen LogP contribution in [0.1, 0.15) is 42.1 Å². The fraction of sp³-hybridized carbons (Fsp3) is 0.261. The van der Waals surface area contributed by atoms with E-state index in [9.17, 15) is 4.79 Å². The molecule has 0 saturated heterocycles. The zero-order valence-electron chi connectivity index (χ0n) is 14.1. The molecule has 4 rings (SSSR count). The van der Waals surface area contributed by atoms with E-state index in [1.54, 1.807) is 0 Å². The summed E-state index contributed by atoms with van der Waals surface area (Å²) in [5.74, 6) is 0.526. The summed E-state index contributed by atoms with van der Waals surface area (Å²) in [5.41, 5.74) is 4.48. The van der Waals surface area contributed by atoms with Gasteiger partial charge >= 0.3 is 0 Å². The van der Waals surface area contributed by atoms with Gasteiger partial charge in [-0.3, -0.25) is 4.79 Å². The molecule has 0 radical (unpaired) electrons. The van der Waals surface area contributed by atoms with Crippen molar-refractivity contribution in [1.29, 1.82) is 0 Å². The Morgan fingerprint density at radius 3 is 2.54 bits per heavy atom. The molecule has 3 aromatic rings. The fourth-order valence-electron chi connectivity index (χ4n) is 3.99. The van der Waals surface area contributed by atoms with Gasteiger partial charge in [-0.05, 0) is 40.3 Å². The first kappa shape index (κ1) is 15.1. The summed E-state index contributed by atoms with van der Waals surface area (Å²) in [7, 11) is 0. The van der Waals surface area contributed by atoms with E-state index in [-0.39, 0.29) is 5.92 Å². The number of Topliss-reactive ketones (excluding diaryl/α,β-unsaturated/α-hetero) is 1. The summed E-state index contributed by atoms with van der Waals surface area (Å²) in [4.78, 5) is 13.0. The monoisotopic (exact) mass is 314 g/mol. The Hall–Kier alpha value is -2.41. The minimum atomic E-state index is 0.177. The maximum atomic E-state index is 13.0. The normalized spacial score (nSPS) is 16.5. The van der Waals surface area contributed by atoms with Crippen molar-refractivity contribution in [2.75, 3.05) is 0 Å². The molecule has 0 bridgehead atoms. The van der Waals surface area contributed by atoms with Crippen molar-refractivity contribution in [3.05, 3.63) is 71.8 Å². The van der Waals surface area contributed by atoms with E-state index in [4.69, 9.17) is 0 Å². The van der Waals surface area contributed by atoms with Crippen LogP contribution < -0.4 is 0 Å². The van der Waals surface area contributed by atoms with E-state index in [1.807, 2.05) is 0 Å². The van der Waals surface area contributed by atoms with E-state index >= 15 is 0 Å². The SMILES string of the molecule is CCCCC1Cc2cccc(-c3cccc4ccccc34)c2C1=O. The van der Waals surface area contributed by atoms with Crippen molar-refractivity contribution in [3.8, 4) is 11.1 Å². The molecule has 0 saturated carbocycles. The molecule has 1 nitrogen and oxygen atoms in total. The third-order valence-electron chi connectivity index (χ3n) is 5.22. The van der Waals surface area contributed by atoms with Gasteiger partial charge in [-0.15, -0.1) is 0 Å². The lowest BCUT2D eigenvalue weighted by Crippen LogP contribution is -2.09. The van der Waals surface area contributed by atoms with Crippen molar-refractivity contribution in [1.82, 2.24) is 0 Å². The van der Waals surface area contributed by atoms with E-state index in [2.05, 4.69) is 67.6 Å². The molecule has 1 heteroatoms. The predicted molar refractivity (Wildman–Crippen MR) is 100 cm³/mol. The van der Waals surface area contributed by atoms with Crippen LogP contribution >= 0.6 is 0 Å². The predicted octanol–water partition coefficient (Wildman–Crippen LogP) is 6.05. The summed E-state index contributed by atoms with van der Waals surface area (Å²) in [5, 5.41) is 2.44. The number of rotatable bonds is 4. The van der Waals surface area contributed by atoms with Crippen LogP contribution in [-0.4, -0.2) is 5.78 Å². The van der Waals surface area contributed by atoms with Gasteiger partial charge in [0.2, 0.25) is 0 Å². The maximum Gasteiger partial charge on any atom is 0.167 e. The molecule has 1 aliphatic rings. The molecule has 24 heavy (non-hydrogen) atoms. The number of unbranched alkanes of at least 4 members (excludes halogenated alkanes) is 1. The highest BCUT2D eigenvalue weighted by atomic mass is 16.1. The maximum absolute atomic E-state index is 13.0. The zero-order valence-corrected chi connectivity index (χ0v) is 14.1. The molecule has 0 fully saturated rings. The average Bonchev–Trinajstić information content (AvgIpc) is 2.95. The van der Waals surface area contributed by atoms with Gasteiger partial charge in [-0.25, -0.2) is 0 Å². The van der Waals surface area contributed by atoms with Crippen LogP contribution in [0.3, 0.4) is 0 Å². The standard InChI is InChI=1S/C23H22O/c1-2-3-8-18-15-17-11-7-14-21(22(17)23(18)24)20-13-6-10-16-9-4-5-12-19(16)20/h4-7,9-14,18H,2-3,8,15H2,1H3. The molecule has 0 spiro atoms. The first-order valence-electron chi connectivity index (χ1n) is 8.94. The lowest BCUT2D eigenvalue weighted by Gasteiger charge is -2.11. The second-order valence-electron chi connectivity index (χ2n) is 6.77. The van der Waals surface area contributed by atoms with Gasteiger partial charge in [0.15, 0.2) is 5.78 Å². The third-order valence-corrected chi connectivity index (χ3v) is 5.22. The van der Waals surface area contributed by atoms with Gasteiger partial charge in [0.05, 0.1) is 0 Å². The van der Waals surface area contributed by atoms with Gasteiger partial charge < -0.3 is 0 Å². The Labute approximate surface area is 143 Å². The Balaban J connectivity index is 1.85. The van der Waals surface area contributed by atoms with Crippen LogP contribution in [0.25, 0.3) is 21.9 Å². The lowest BCUT2D eigenvalue weighted by atomic mass is 9.91. The third kappa shape index (κ3) is 2.45. The number of fused-ring (bicyclic) bond motifs is 2. The van der Waals surface area contributed by atoms with Gasteiger partial charge in [0, 0.05) is 11.5 Å². The Morgan fingerprint density at radius 2 is 1.67 bits per heavy atom. The van der Waals surface area contributed by atoms with Crippen molar-refractivity contribution < 1.29 is 4.79 Å². The van der Waals surface area contributed by atoms with Crippen molar-refractivity contribution in [2.45, 2.75) is 32.6 Å². The van der Waals surface area contributed by atoms with Crippen LogP contribution in [0.4, 0.5) is 0 Å². The second-order valence-corrected chi connectivity index (χ2v) is 6.77. The minimum absolute atomic E-state index is 0.177. The van der Waals surface area contributed by atoms with Crippen LogP contribution in [0.15, 0.2) is 60.7 Å². The summed E-state index contributed by atoms with van der Waals surface area (Å²) in [6, 6.07) is 21.1. The molecule has 0 aliphatic heterocycles. The number of ketones is 1. The molecule has 1 unspecified atom stereocenters. The molecule has 3 aromatic carbocycles. The summed E-state index contributed by atoms with van der Waals surface area (Å²) in [6.07, 6.45) is 4.20. The molecular formula is C23H22O. The minimum Gasteiger partial charge on any atom is -0.294 e. The number of benzene rings is 3. The number of hydrogen-bond acceptors (Lipinski definition) is 1. The summed E-state index contributed by atoms with van der Waals surface area (Å²) < 4.78 is 0. The Kier molecular flexibility index (Phi) is 3.93. The molecule has 0 aromatic heterocycles. The summed E-state index contributed by atoms with van der Waals surface area (Å²) in [6.45, 7) is 2.19. The highest BCUT2D eigenvalue weighted by molar-refractivity contribution is 6.10. The highest BCUT2D eigenvalue weighted by Crippen LogP contribution is 2.39. The Morgan fingerprint density at radius 1 is 0.917 bits per heavy atom. The van der Waals surface area contributed by atoms with Crippen molar-refractivity contribution in [3.63, 3.8) is 0 Å². The van der Waals surface area contributed by atoms with Gasteiger partial charge in [-0.2, -0.15) is 0 Å². The van der Waals surface area contributed by atoms with Crippen LogP contribution in [0.2, 0.25) is 0 Å². The topological polar surface area (TPSA) is 17.1 Å². The highest BCUT2D eigenvalue weighted by Gasteiger charge is 2.32. The number of hydrogen-bond donors (Lipinski definition) is 0. The van der Waals surface area contributed by atoms with E-state index < -0.39 is 0 Å². The molecule has 0 amide bonds. The average molecular weight is 314 g/mol. The van der Waals surface area contributed by atoms with Crippen LogP contribution in [-0.2, 0) is 6.42 Å². The smallest absolute Gasteiger partial charge is 0.167 e. The molecule has 1 aliphatic carbocycles. The molecule has 120 valence electrons. The first-order valence-corrected chi connectivity index (χ1v) is 8.94. The van der Waals surface area contributed by atoms with Crippen molar-refractivity contribution in [2.24, 2.45) is 5.92 Å². The second kappa shape index (κ2) is 6.24. The van der Waals surface area contributed by atoms with Gasteiger partial charge in [0.25, 0.3) is 0 Å². The number of carbonyl (C=O) groups is 1. The molecule has 1 atom stereocenters. The van der Waals surface area contributed by atoms with E-state index in [0.717, 1.165) is 36.8 Å². The van der Waals surface area contributed by atoms with Gasteiger partial charge in [0.1, 0.15) is 0 Å². The first-order chi connectivity index (χ1) is 11.8. The Bertz CT molecular complexity index is 902. The summed E-state index contributed by atoms with van der Waals surface area (Å²) >= 11 is 0. The number of carbonyl (C=O) groups excluding carboxylic acids is 1. The van der Waals surface area contributed by atoms with E-state index in [1.165, 1.54) is 21.9 Å². The molecule has 0 heterocycles. The quantitative estimate of drug-likeness (QED) is 0.572. The molecule has 0 N–H and O–H groups in total. The lowest BCUT2D eigenvalue weighted by molar-refractivity contribution is 0.0930. The fourth-order valence-corrected chi connectivity index (χ4v) is 3.99. The van der Waals surface area contributed by atoms with Crippen LogP contribution in [0, 0.1) is 5.92 Å². The largest absolute Gasteiger partial charge is 0.294 e. The van der Waals surface area contributed by atoms with Gasteiger partial charge in [-0.1, -0.05) is 80.4 Å². The van der Waals surface area contributed by atoms with Crippen LogP contribution in [0.5, 0.6) is 0 Å². The zero-order chi connectivity index (χ0) is 16.5.